The molecule has 0 radical (unpaired) electrons. The summed E-state index contributed by atoms with van der Waals surface area (Å²) in [6.07, 6.45) is 3.16. The molecule has 0 aliphatic carbocycles. The monoisotopic (exact) mass is 307 g/mol. The molecule has 1 N–H and O–H groups in total. The van der Waals surface area contributed by atoms with E-state index in [1.807, 2.05) is 31.7 Å². The lowest BCUT2D eigenvalue weighted by Crippen LogP contribution is -2.42. The Hall–Kier alpha value is -2.03. The van der Waals surface area contributed by atoms with Crippen molar-refractivity contribution in [1.29, 1.82) is 5.26 Å². The molecular formula is C16H25N3O3. The molecular weight excluding hydrogens is 282 g/mol. The maximum atomic E-state index is 12.1. The zero-order valence-corrected chi connectivity index (χ0v) is 13.8. The van der Waals surface area contributed by atoms with Crippen LogP contribution in [0.2, 0.25) is 0 Å². The van der Waals surface area contributed by atoms with Gasteiger partial charge in [-0.3, -0.25) is 9.59 Å². The van der Waals surface area contributed by atoms with Crippen LogP contribution in [-0.2, 0) is 14.3 Å². The van der Waals surface area contributed by atoms with Gasteiger partial charge in [-0.25, -0.2) is 0 Å². The fraction of sp³-hybridized carbons (Fsp3) is 0.688. The van der Waals surface area contributed by atoms with Crippen molar-refractivity contribution in [3.05, 3.63) is 11.8 Å². The number of carbonyl (C=O) groups is 2. The van der Waals surface area contributed by atoms with Crippen LogP contribution in [0.4, 0.5) is 0 Å². The van der Waals surface area contributed by atoms with Crippen LogP contribution >= 0.6 is 0 Å². The van der Waals surface area contributed by atoms with Crippen LogP contribution in [0.1, 0.15) is 40.5 Å². The minimum atomic E-state index is -0.400. The second-order valence-electron chi connectivity index (χ2n) is 6.44. The summed E-state index contributed by atoms with van der Waals surface area (Å²) in [4.78, 5) is 25.7. The molecule has 22 heavy (non-hydrogen) atoms. The fourth-order valence-electron chi connectivity index (χ4n) is 2.30. The minimum absolute atomic E-state index is 0.0550. The number of hydrogen-bond donors (Lipinski definition) is 1. The summed E-state index contributed by atoms with van der Waals surface area (Å²) in [5, 5.41) is 12.0. The van der Waals surface area contributed by atoms with Crippen LogP contribution in [0.15, 0.2) is 11.8 Å². The van der Waals surface area contributed by atoms with Crippen LogP contribution in [0.25, 0.3) is 0 Å². The molecule has 6 heteroatoms. The van der Waals surface area contributed by atoms with Crippen molar-refractivity contribution in [2.45, 2.75) is 46.1 Å². The summed E-state index contributed by atoms with van der Waals surface area (Å²) in [5.74, 6) is -0.804. The number of nitrogens with zero attached hydrogens (tertiary/aromatic N) is 2. The Kier molecular flexibility index (Phi) is 6.41. The first-order valence-electron chi connectivity index (χ1n) is 7.62. The smallest absolute Gasteiger partial charge is 0.310 e. The van der Waals surface area contributed by atoms with Gasteiger partial charge in [0.15, 0.2) is 0 Å². The molecule has 0 aromatic carbocycles. The van der Waals surface area contributed by atoms with E-state index in [-0.39, 0.29) is 17.5 Å². The molecule has 0 spiro atoms. The van der Waals surface area contributed by atoms with E-state index in [9.17, 15) is 14.9 Å². The molecule has 1 aliphatic heterocycles. The standard InChI is InChI=1S/C16H25N3O3/c1-5-22-15(21)12-7-6-8-19(10-12)11-13(9-17)14(20)18-16(2,3)4/h11-12H,5-8,10H2,1-4H3,(H,18,20)/b13-11-. The molecule has 1 unspecified atom stereocenters. The highest BCUT2D eigenvalue weighted by Gasteiger charge is 2.26. The maximum Gasteiger partial charge on any atom is 0.310 e. The third kappa shape index (κ3) is 5.76. The highest BCUT2D eigenvalue weighted by atomic mass is 16.5. The van der Waals surface area contributed by atoms with Gasteiger partial charge in [0.2, 0.25) is 0 Å². The van der Waals surface area contributed by atoms with E-state index in [0.29, 0.717) is 13.2 Å². The Labute approximate surface area is 132 Å². The predicted molar refractivity (Wildman–Crippen MR) is 82.5 cm³/mol. The highest BCUT2D eigenvalue weighted by Crippen LogP contribution is 2.19. The van der Waals surface area contributed by atoms with Gasteiger partial charge in [0.1, 0.15) is 11.6 Å². The Balaban J connectivity index is 2.74. The number of rotatable bonds is 4. The normalized spacial score (nSPS) is 19.3. The molecule has 122 valence electrons. The van der Waals surface area contributed by atoms with E-state index in [1.165, 1.54) is 0 Å². The topological polar surface area (TPSA) is 82.4 Å². The van der Waals surface area contributed by atoms with Crippen molar-refractivity contribution < 1.29 is 14.3 Å². The predicted octanol–water partition coefficient (Wildman–Crippen LogP) is 1.58. The van der Waals surface area contributed by atoms with Crippen molar-refractivity contribution in [2.24, 2.45) is 5.92 Å². The zero-order valence-electron chi connectivity index (χ0n) is 13.8. The largest absolute Gasteiger partial charge is 0.466 e. The molecule has 0 saturated carbocycles. The van der Waals surface area contributed by atoms with Crippen LogP contribution < -0.4 is 5.32 Å². The number of esters is 1. The van der Waals surface area contributed by atoms with Gasteiger partial charge in [-0.05, 0) is 40.5 Å². The lowest BCUT2D eigenvalue weighted by molar-refractivity contribution is -0.149. The summed E-state index contributed by atoms with van der Waals surface area (Å²) in [6, 6.07) is 1.93. The quantitative estimate of drug-likeness (QED) is 0.484. The average molecular weight is 307 g/mol. The van der Waals surface area contributed by atoms with Crippen molar-refractivity contribution >= 4 is 11.9 Å². The molecule has 1 saturated heterocycles. The molecule has 0 bridgehead atoms. The van der Waals surface area contributed by atoms with Gasteiger partial charge in [-0.2, -0.15) is 5.26 Å². The number of piperidine rings is 1. The number of nitriles is 1. The lowest BCUT2D eigenvalue weighted by atomic mass is 9.98. The van der Waals surface area contributed by atoms with Gasteiger partial charge >= 0.3 is 5.97 Å². The molecule has 1 amide bonds. The number of carbonyl (C=O) groups excluding carboxylic acids is 2. The number of hydrogen-bond acceptors (Lipinski definition) is 5. The minimum Gasteiger partial charge on any atom is -0.466 e. The summed E-state index contributed by atoms with van der Waals surface area (Å²) >= 11 is 0. The lowest BCUT2D eigenvalue weighted by Gasteiger charge is -2.30. The Morgan fingerprint density at radius 3 is 2.68 bits per heavy atom. The van der Waals surface area contributed by atoms with Gasteiger partial charge in [-0.15, -0.1) is 0 Å². The number of likely N-dealkylation sites (tertiary alicyclic amines) is 1. The van der Waals surface area contributed by atoms with Crippen molar-refractivity contribution in [2.75, 3.05) is 19.7 Å². The number of nitrogens with one attached hydrogen (secondary N) is 1. The SMILES string of the molecule is CCOC(=O)C1CCCN(/C=C(/C#N)C(=O)NC(C)(C)C)C1. The molecule has 1 atom stereocenters. The van der Waals surface area contributed by atoms with Crippen LogP contribution in [0.5, 0.6) is 0 Å². The van der Waals surface area contributed by atoms with E-state index in [0.717, 1.165) is 19.4 Å². The molecule has 1 heterocycles. The highest BCUT2D eigenvalue weighted by molar-refractivity contribution is 5.97. The number of ether oxygens (including phenoxy) is 1. The van der Waals surface area contributed by atoms with E-state index >= 15 is 0 Å². The van der Waals surface area contributed by atoms with E-state index < -0.39 is 11.4 Å². The molecule has 6 nitrogen and oxygen atoms in total. The Morgan fingerprint density at radius 2 is 2.14 bits per heavy atom. The third-order valence-electron chi connectivity index (χ3n) is 3.24. The van der Waals surface area contributed by atoms with Crippen molar-refractivity contribution in [3.63, 3.8) is 0 Å². The third-order valence-corrected chi connectivity index (χ3v) is 3.24. The van der Waals surface area contributed by atoms with Gasteiger partial charge < -0.3 is 15.0 Å². The maximum absolute atomic E-state index is 12.1. The van der Waals surface area contributed by atoms with E-state index in [1.54, 1.807) is 13.1 Å². The first-order valence-corrected chi connectivity index (χ1v) is 7.62. The fourth-order valence-corrected chi connectivity index (χ4v) is 2.30. The van der Waals surface area contributed by atoms with Gasteiger partial charge in [-0.1, -0.05) is 0 Å². The number of amides is 1. The Morgan fingerprint density at radius 1 is 1.45 bits per heavy atom. The van der Waals surface area contributed by atoms with Gasteiger partial charge in [0.25, 0.3) is 5.91 Å². The van der Waals surface area contributed by atoms with Crippen LogP contribution in [0, 0.1) is 17.2 Å². The molecule has 1 aliphatic rings. The molecule has 0 aromatic heterocycles. The summed E-state index contributed by atoms with van der Waals surface area (Å²) in [7, 11) is 0. The van der Waals surface area contributed by atoms with Gasteiger partial charge in [0.05, 0.1) is 12.5 Å². The van der Waals surface area contributed by atoms with Crippen LogP contribution in [0.3, 0.4) is 0 Å². The second-order valence-corrected chi connectivity index (χ2v) is 6.44. The molecule has 1 fully saturated rings. The molecule has 1 rings (SSSR count). The first-order chi connectivity index (χ1) is 10.3. The second kappa shape index (κ2) is 7.83. The van der Waals surface area contributed by atoms with Crippen LogP contribution in [-0.4, -0.2) is 42.0 Å². The summed E-state index contributed by atoms with van der Waals surface area (Å²) < 4.78 is 5.04. The van der Waals surface area contributed by atoms with Crippen molar-refractivity contribution in [1.82, 2.24) is 10.2 Å². The Bertz CT molecular complexity index is 486. The van der Waals surface area contributed by atoms with E-state index in [4.69, 9.17) is 4.74 Å². The van der Waals surface area contributed by atoms with Crippen molar-refractivity contribution in [3.8, 4) is 6.07 Å². The zero-order chi connectivity index (χ0) is 16.8. The van der Waals surface area contributed by atoms with E-state index in [2.05, 4.69) is 5.32 Å². The molecule has 0 aromatic rings. The van der Waals surface area contributed by atoms with Gasteiger partial charge in [0, 0.05) is 24.8 Å². The summed E-state index contributed by atoms with van der Waals surface area (Å²) in [5.41, 5.74) is -0.345. The summed E-state index contributed by atoms with van der Waals surface area (Å²) in [6.45, 7) is 8.93. The first kappa shape index (κ1) is 18.0. The average Bonchev–Trinajstić information content (AvgIpc) is 2.43.